The number of nitrogens with two attached hydrogens (primary N) is 5. The SMILES string of the molecule is C.C.CC(C)(C)n1cnc2c(NN)nc(NN)nc21.CC(C)(C)n1cnc2c1C(=O)NNC(=O)C2.Cc1nc(=O)c2ncn(C(C)(C)C)c2c(=O)[nH]1.Cc1nc(N)c2c(ncn2C(C)(C)C)c(=N)n1.Cc1nc(N)c2ncn(C(C)(C)C)c2n1.Cc1nc(NN)c2ncn(C(C)(C)C)c2n1. The van der Waals surface area contributed by atoms with E-state index in [1.54, 1.807) is 54.6 Å². The van der Waals surface area contributed by atoms with Crippen LogP contribution in [0.5, 0.6) is 0 Å². The average molecular weight is 1380 g/mol. The quantitative estimate of drug-likeness (QED) is 0.0765. The second-order valence-corrected chi connectivity index (χ2v) is 28.7. The molecular weight excluding hydrogens is 1280 g/mol. The molecule has 540 valence electrons. The number of nitrogen functional groups attached to an aromatic ring is 5. The van der Waals surface area contributed by atoms with Gasteiger partial charge in [0.05, 0.1) is 50.1 Å². The van der Waals surface area contributed by atoms with E-state index < -0.39 is 5.56 Å². The number of nitrogens with zero attached hydrogens (tertiary/aromatic N) is 21. The Morgan fingerprint density at radius 3 is 1.32 bits per heavy atom. The fraction of sp³-hybridized carbons (Fsp3) is 0.492. The molecule has 0 aromatic carbocycles. The molecule has 37 nitrogen and oxygen atoms in total. The highest BCUT2D eigenvalue weighted by molar-refractivity contribution is 5.98. The lowest BCUT2D eigenvalue weighted by molar-refractivity contribution is -0.121. The molecule has 12 rings (SSSR count). The number of hydrazine groups is 4. The van der Waals surface area contributed by atoms with E-state index in [-0.39, 0.29) is 94.4 Å². The number of carbonyl (C=O) groups is 2. The summed E-state index contributed by atoms with van der Waals surface area (Å²) in [7, 11) is 0. The van der Waals surface area contributed by atoms with Gasteiger partial charge in [-0.3, -0.25) is 40.9 Å². The van der Waals surface area contributed by atoms with Crippen LogP contribution in [0.25, 0.3) is 55.6 Å². The van der Waals surface area contributed by atoms with Gasteiger partial charge in [-0.15, -0.1) is 0 Å². The number of hydrogen-bond donors (Lipinski definition) is 12. The Kier molecular flexibility index (Phi) is 23.8. The van der Waals surface area contributed by atoms with Gasteiger partial charge in [-0.05, 0) is 152 Å². The van der Waals surface area contributed by atoms with E-state index in [0.717, 1.165) is 11.3 Å². The van der Waals surface area contributed by atoms with Crippen molar-refractivity contribution in [2.75, 3.05) is 27.7 Å². The third-order valence-corrected chi connectivity index (χ3v) is 14.4. The van der Waals surface area contributed by atoms with Crippen molar-refractivity contribution in [1.29, 1.82) is 5.41 Å². The van der Waals surface area contributed by atoms with Gasteiger partial charge in [-0.1, -0.05) is 14.9 Å². The molecule has 37 heteroatoms. The number of H-pyrrole nitrogens is 1. The van der Waals surface area contributed by atoms with E-state index in [0.29, 0.717) is 91.2 Å². The van der Waals surface area contributed by atoms with Gasteiger partial charge >= 0.3 is 0 Å². The van der Waals surface area contributed by atoms with Crippen molar-refractivity contribution in [2.24, 2.45) is 17.5 Å². The predicted molar refractivity (Wildman–Crippen MR) is 388 cm³/mol. The first-order chi connectivity index (χ1) is 45.3. The summed E-state index contributed by atoms with van der Waals surface area (Å²) in [5, 5.41) is 7.86. The standard InChI is InChI=1S/C11H16N6.C11H14N4O2.C10H16N6.C10H15N5.C10H14N4O2.C9H16N8.2CH4/c1-6-15-9(12)7-8(10(13)16-6)17(5-14-7)11(2,3)4;1-6-13-9(16)7-8(10(17)14-6)15(5-12-7)11(2,3)4;1-6-13-8(15-11)7-9(14-6)16(5-12-7)10(2,3)4;1-6-13-8(11)7-9(14-6)15(5-12-7)10(2,3)4;1-10(2,3)14-5-11-6-4-7(15)12-13-9(16)8(6)14;1-9(2,3)17-4-12-5-6(15-10)13-8(16-11)14-7(5)17;;/h5H,1-4H3,(H3,12,13,15,16);5H,1-4H3,(H,13,14,16,17);5H,11H2,1-4H3,(H,13,14,15);5H,1-4H3,(H2,11,13,14);5H,4H2,1-3H3,(H,12,15)(H,13,16);4H,10-11H2,1-3H3,(H2,13,14,15,16);2*1H4. The van der Waals surface area contributed by atoms with E-state index in [9.17, 15) is 19.2 Å². The Bertz CT molecular complexity index is 4950. The number of hydrogen-bond acceptors (Lipinski definition) is 28. The zero-order valence-corrected chi connectivity index (χ0v) is 59.6. The number of aryl methyl sites for hydroxylation is 4. The minimum Gasteiger partial charge on any atom is -0.382 e. The van der Waals surface area contributed by atoms with Crippen molar-refractivity contribution in [3.05, 3.63) is 98.8 Å². The third kappa shape index (κ3) is 17.8. The van der Waals surface area contributed by atoms with Crippen LogP contribution >= 0.6 is 0 Å². The van der Waals surface area contributed by atoms with Crippen LogP contribution in [0.1, 0.15) is 179 Å². The van der Waals surface area contributed by atoms with Crippen LogP contribution in [0.15, 0.2) is 47.6 Å². The third-order valence-electron chi connectivity index (χ3n) is 14.4. The molecule has 11 aromatic heterocycles. The number of aromatic nitrogens is 22. The lowest BCUT2D eigenvalue weighted by Gasteiger charge is -2.22. The number of aromatic amines is 1. The Balaban J connectivity index is 0.000000216. The van der Waals surface area contributed by atoms with E-state index >= 15 is 0 Å². The Hall–Kier alpha value is -11.1. The van der Waals surface area contributed by atoms with Gasteiger partial charge in [-0.2, -0.15) is 15.0 Å². The van der Waals surface area contributed by atoms with E-state index in [1.807, 2.05) is 94.4 Å². The molecule has 12 heterocycles. The van der Waals surface area contributed by atoms with Gasteiger partial charge in [0.1, 0.15) is 51.1 Å². The Morgan fingerprint density at radius 1 is 0.430 bits per heavy atom. The van der Waals surface area contributed by atoms with Crippen LogP contribution in [0.4, 0.5) is 29.2 Å². The van der Waals surface area contributed by atoms with Crippen molar-refractivity contribution in [2.45, 2.75) is 207 Å². The van der Waals surface area contributed by atoms with E-state index in [2.05, 4.69) is 169 Å². The number of rotatable bonds is 3. The second-order valence-electron chi connectivity index (χ2n) is 28.7. The van der Waals surface area contributed by atoms with Gasteiger partial charge in [-0.25, -0.2) is 77.3 Å². The molecule has 0 bridgehead atoms. The predicted octanol–water partition coefficient (Wildman–Crippen LogP) is 5.52. The number of anilines is 5. The maximum absolute atomic E-state index is 12.0. The molecule has 0 unspecified atom stereocenters. The summed E-state index contributed by atoms with van der Waals surface area (Å²) >= 11 is 0. The van der Waals surface area contributed by atoms with E-state index in [4.69, 9.17) is 34.4 Å². The summed E-state index contributed by atoms with van der Waals surface area (Å²) in [6.45, 7) is 43.6. The lowest BCUT2D eigenvalue weighted by atomic mass is 10.1. The van der Waals surface area contributed by atoms with Crippen LogP contribution in [0, 0.1) is 33.1 Å². The fourth-order valence-electron chi connectivity index (χ4n) is 9.76. The number of imidazole rings is 6. The van der Waals surface area contributed by atoms with Crippen LogP contribution in [0.3, 0.4) is 0 Å². The zero-order valence-electron chi connectivity index (χ0n) is 59.6. The molecule has 2 amide bonds. The highest BCUT2D eigenvalue weighted by Gasteiger charge is 2.30. The maximum Gasteiger partial charge on any atom is 0.299 e. The smallest absolute Gasteiger partial charge is 0.299 e. The van der Waals surface area contributed by atoms with Gasteiger partial charge in [0.25, 0.3) is 17.0 Å². The molecule has 1 aliphatic heterocycles. The van der Waals surface area contributed by atoms with Gasteiger partial charge in [0.15, 0.2) is 62.3 Å². The Labute approximate surface area is 578 Å². The summed E-state index contributed by atoms with van der Waals surface area (Å²) in [6.07, 6.45) is 10.1. The van der Waals surface area contributed by atoms with Crippen LogP contribution in [0.2, 0.25) is 0 Å². The number of carbonyl (C=O) groups excluding carboxylic acids is 2. The molecule has 11 aromatic rings. The molecule has 0 saturated carbocycles. The largest absolute Gasteiger partial charge is 0.382 e. The second kappa shape index (κ2) is 30.0. The average Bonchev–Trinajstić information content (AvgIpc) is 1.67. The van der Waals surface area contributed by atoms with Crippen molar-refractivity contribution >= 4 is 96.6 Å². The fourth-order valence-corrected chi connectivity index (χ4v) is 9.76. The zero-order chi connectivity index (χ0) is 73.3. The first kappa shape index (κ1) is 79.6. The summed E-state index contributed by atoms with van der Waals surface area (Å²) in [5.74, 6) is 19.7. The topological polar surface area (TPSA) is 521 Å². The maximum atomic E-state index is 12.0. The first-order valence-corrected chi connectivity index (χ1v) is 30.9. The molecule has 0 spiro atoms. The van der Waals surface area contributed by atoms with Crippen molar-refractivity contribution < 1.29 is 9.59 Å². The highest BCUT2D eigenvalue weighted by atomic mass is 16.2. The minimum absolute atomic E-state index is 0. The summed E-state index contributed by atoms with van der Waals surface area (Å²) in [6, 6.07) is 0. The number of nitrogens with one attached hydrogen (secondary N) is 7. The molecule has 100 heavy (non-hydrogen) atoms. The van der Waals surface area contributed by atoms with Gasteiger partial charge in [0, 0.05) is 33.2 Å². The van der Waals surface area contributed by atoms with Crippen LogP contribution in [-0.2, 0) is 44.4 Å². The molecule has 17 N–H and O–H groups in total. The highest BCUT2D eigenvalue weighted by Crippen LogP contribution is 2.29. The van der Waals surface area contributed by atoms with Crippen LogP contribution < -0.4 is 72.7 Å². The molecule has 0 fully saturated rings. The molecule has 0 aliphatic carbocycles. The lowest BCUT2D eigenvalue weighted by Crippen LogP contribution is -2.41. The molecule has 0 saturated heterocycles. The summed E-state index contributed by atoms with van der Waals surface area (Å²) < 4.78 is 11.3. The van der Waals surface area contributed by atoms with E-state index in [1.165, 1.54) is 6.33 Å². The van der Waals surface area contributed by atoms with Crippen LogP contribution in [-0.4, -0.2) is 119 Å². The molecule has 1 aliphatic rings. The molecule has 0 radical (unpaired) electrons. The normalized spacial score (nSPS) is 12.4. The van der Waals surface area contributed by atoms with Crippen molar-refractivity contribution in [1.82, 2.24) is 118 Å². The monoisotopic (exact) mass is 1380 g/mol. The van der Waals surface area contributed by atoms with Crippen molar-refractivity contribution in [3.63, 3.8) is 0 Å². The molecular formula is C63H99N33O4. The minimum atomic E-state index is -0.487. The summed E-state index contributed by atoms with van der Waals surface area (Å²) in [4.78, 5) is 112. The first-order valence-electron chi connectivity index (χ1n) is 30.9. The summed E-state index contributed by atoms with van der Waals surface area (Å²) in [5.41, 5.74) is 28.9. The van der Waals surface area contributed by atoms with Crippen molar-refractivity contribution in [3.8, 4) is 0 Å². The number of amides is 2. The number of fused-ring (bicyclic) bond motifs is 6. The molecule has 0 atom stereocenters. The Morgan fingerprint density at radius 2 is 0.830 bits per heavy atom. The van der Waals surface area contributed by atoms with Gasteiger partial charge < -0.3 is 54.7 Å². The van der Waals surface area contributed by atoms with Gasteiger partial charge in [0.2, 0.25) is 11.9 Å².